The Morgan fingerprint density at radius 1 is 0.833 bits per heavy atom. The van der Waals surface area contributed by atoms with Crippen molar-refractivity contribution in [2.75, 3.05) is 30.6 Å². The van der Waals surface area contributed by atoms with Crippen LogP contribution < -0.4 is 33.2 Å². The molecule has 4 unspecified atom stereocenters. The molecule has 0 aliphatic heterocycles. The molecule has 0 aliphatic rings. The maximum absolute atomic E-state index is 13.1. The topological polar surface area (TPSA) is 215 Å². The van der Waals surface area contributed by atoms with Crippen molar-refractivity contribution in [3.63, 3.8) is 0 Å². The van der Waals surface area contributed by atoms with Crippen molar-refractivity contribution in [2.24, 2.45) is 28.1 Å². The van der Waals surface area contributed by atoms with E-state index in [-0.39, 0.29) is 18.3 Å². The lowest BCUT2D eigenvalue weighted by molar-refractivity contribution is -0.142. The lowest BCUT2D eigenvalue weighted by Crippen LogP contribution is -2.57. The smallest absolute Gasteiger partial charge is 0.326 e. The Balaban J connectivity index is 5.33. The number of carbonyl (C=O) groups is 4. The van der Waals surface area contributed by atoms with Gasteiger partial charge in [0.2, 0.25) is 17.7 Å². The first-order valence-corrected chi connectivity index (χ1v) is 14.6. The number of amides is 3. The molecule has 0 rings (SSSR count). The molecule has 208 valence electrons. The summed E-state index contributed by atoms with van der Waals surface area (Å²) in [4.78, 5) is 54.0. The van der Waals surface area contributed by atoms with Crippen molar-refractivity contribution in [3.05, 3.63) is 0 Å². The molecule has 4 atom stereocenters. The molecule has 14 heteroatoms. The van der Waals surface area contributed by atoms with Crippen LogP contribution in [-0.4, -0.2) is 89.5 Å². The number of guanidine groups is 1. The molecule has 0 bridgehead atoms. The van der Waals surface area contributed by atoms with Gasteiger partial charge in [-0.1, -0.05) is 13.8 Å². The summed E-state index contributed by atoms with van der Waals surface area (Å²) in [6, 6.07) is -3.76. The number of aliphatic imine (C=N–C) groups is 1. The van der Waals surface area contributed by atoms with Crippen molar-refractivity contribution >= 4 is 53.2 Å². The number of hydrogen-bond acceptors (Lipinski definition) is 8. The molecule has 0 aromatic rings. The second-order valence-electron chi connectivity index (χ2n) is 8.77. The Kier molecular flexibility index (Phi) is 17.8. The summed E-state index contributed by atoms with van der Waals surface area (Å²) >= 11 is 2.99. The van der Waals surface area contributed by atoms with Gasteiger partial charge >= 0.3 is 5.97 Å². The summed E-state index contributed by atoms with van der Waals surface area (Å²) < 4.78 is 0. The fourth-order valence-corrected chi connectivity index (χ4v) is 4.12. The average molecular weight is 550 g/mol. The van der Waals surface area contributed by atoms with Gasteiger partial charge in [-0.05, 0) is 62.0 Å². The van der Waals surface area contributed by atoms with Gasteiger partial charge in [0.25, 0.3) is 0 Å². The van der Waals surface area contributed by atoms with E-state index in [4.69, 9.17) is 17.2 Å². The maximum Gasteiger partial charge on any atom is 0.326 e. The van der Waals surface area contributed by atoms with Gasteiger partial charge in [-0.2, -0.15) is 23.5 Å². The van der Waals surface area contributed by atoms with Crippen LogP contribution in [0.25, 0.3) is 0 Å². The molecule has 0 radical (unpaired) electrons. The fraction of sp³-hybridized carbons (Fsp3) is 0.773. The van der Waals surface area contributed by atoms with E-state index in [1.807, 2.05) is 26.4 Å². The minimum absolute atomic E-state index is 0.0410. The number of hydrogen-bond donors (Lipinski definition) is 7. The van der Waals surface area contributed by atoms with Crippen molar-refractivity contribution in [1.29, 1.82) is 0 Å². The van der Waals surface area contributed by atoms with Gasteiger partial charge in [-0.15, -0.1) is 0 Å². The molecule has 3 amide bonds. The van der Waals surface area contributed by atoms with Crippen molar-refractivity contribution < 1.29 is 24.3 Å². The second-order valence-corrected chi connectivity index (χ2v) is 10.7. The summed E-state index contributed by atoms with van der Waals surface area (Å²) in [5, 5.41) is 17.4. The molecule has 0 fully saturated rings. The van der Waals surface area contributed by atoms with Crippen molar-refractivity contribution in [3.8, 4) is 0 Å². The molecule has 0 spiro atoms. The Hall–Kier alpha value is -2.19. The van der Waals surface area contributed by atoms with E-state index in [1.54, 1.807) is 0 Å². The van der Waals surface area contributed by atoms with Gasteiger partial charge < -0.3 is 38.3 Å². The molecule has 0 aliphatic carbocycles. The first kappa shape index (κ1) is 33.8. The lowest BCUT2D eigenvalue weighted by Gasteiger charge is -2.26. The number of nitrogens with zero attached hydrogens (tertiary/aromatic N) is 1. The largest absolute Gasteiger partial charge is 0.480 e. The monoisotopic (exact) mass is 549 g/mol. The van der Waals surface area contributed by atoms with Crippen LogP contribution in [0.2, 0.25) is 0 Å². The highest BCUT2D eigenvalue weighted by atomic mass is 32.2. The normalized spacial score (nSPS) is 14.3. The van der Waals surface area contributed by atoms with Crippen molar-refractivity contribution in [2.45, 2.75) is 70.1 Å². The van der Waals surface area contributed by atoms with E-state index in [0.29, 0.717) is 43.7 Å². The predicted molar refractivity (Wildman–Crippen MR) is 147 cm³/mol. The van der Waals surface area contributed by atoms with E-state index < -0.39 is 47.9 Å². The third kappa shape index (κ3) is 15.0. The Morgan fingerprint density at radius 3 is 1.83 bits per heavy atom. The molecular formula is C22H43N7O5S2. The van der Waals surface area contributed by atoms with E-state index >= 15 is 0 Å². The lowest BCUT2D eigenvalue weighted by atomic mass is 10.0. The number of carboxylic acids is 1. The maximum atomic E-state index is 13.1. The van der Waals surface area contributed by atoms with Crippen LogP contribution >= 0.6 is 23.5 Å². The molecule has 0 aromatic heterocycles. The van der Waals surface area contributed by atoms with Gasteiger partial charge in [-0.25, -0.2) is 4.79 Å². The van der Waals surface area contributed by atoms with Gasteiger partial charge in [0.05, 0.1) is 6.04 Å². The standard InChI is InChI=1S/C22H43N7O5S2/c1-13(2)12-17(20(32)28-16(21(33)34)8-11-36-4)29-19(31)15(7-10-35-3)27-18(30)14(23)6-5-9-26-22(24)25/h13-17H,5-12,23H2,1-4H3,(H,27,30)(H,28,32)(H,29,31)(H,33,34)(H4,24,25,26). The van der Waals surface area contributed by atoms with Crippen LogP contribution in [0.5, 0.6) is 0 Å². The zero-order chi connectivity index (χ0) is 27.7. The molecule has 36 heavy (non-hydrogen) atoms. The van der Waals surface area contributed by atoms with E-state index in [9.17, 15) is 24.3 Å². The molecule has 0 saturated heterocycles. The summed E-state index contributed by atoms with van der Waals surface area (Å²) in [5.41, 5.74) is 16.5. The van der Waals surface area contributed by atoms with E-state index in [1.165, 1.54) is 23.5 Å². The third-order valence-corrected chi connectivity index (χ3v) is 6.40. The Labute approximate surface area is 222 Å². The zero-order valence-corrected chi connectivity index (χ0v) is 23.3. The average Bonchev–Trinajstić information content (AvgIpc) is 2.80. The minimum atomic E-state index is -1.13. The van der Waals surface area contributed by atoms with Gasteiger partial charge in [0, 0.05) is 6.54 Å². The molecule has 10 N–H and O–H groups in total. The molecule has 0 heterocycles. The Morgan fingerprint density at radius 2 is 1.33 bits per heavy atom. The highest BCUT2D eigenvalue weighted by Crippen LogP contribution is 2.09. The number of nitrogens with two attached hydrogens (primary N) is 3. The van der Waals surface area contributed by atoms with Crippen LogP contribution in [0.4, 0.5) is 0 Å². The third-order valence-electron chi connectivity index (χ3n) is 5.11. The quantitative estimate of drug-likeness (QED) is 0.0620. The van der Waals surface area contributed by atoms with Crippen LogP contribution in [0, 0.1) is 5.92 Å². The predicted octanol–water partition coefficient (Wildman–Crippen LogP) is -0.541. The summed E-state index contributed by atoms with van der Waals surface area (Å²) in [5.74, 6) is -1.56. The fourth-order valence-electron chi connectivity index (χ4n) is 3.17. The first-order chi connectivity index (χ1) is 16.9. The minimum Gasteiger partial charge on any atom is -0.480 e. The highest BCUT2D eigenvalue weighted by molar-refractivity contribution is 7.98. The highest BCUT2D eigenvalue weighted by Gasteiger charge is 2.30. The molecule has 12 nitrogen and oxygen atoms in total. The second kappa shape index (κ2) is 19.0. The number of aliphatic carboxylic acids is 1. The van der Waals surface area contributed by atoms with E-state index in [0.717, 1.165) is 0 Å². The first-order valence-electron chi connectivity index (χ1n) is 11.9. The van der Waals surface area contributed by atoms with E-state index in [2.05, 4.69) is 20.9 Å². The van der Waals surface area contributed by atoms with Gasteiger partial charge in [-0.3, -0.25) is 19.4 Å². The summed E-state index contributed by atoms with van der Waals surface area (Å²) in [7, 11) is 0. The number of nitrogens with one attached hydrogen (secondary N) is 3. The molecule has 0 aromatic carbocycles. The molecule has 0 saturated carbocycles. The SMILES string of the molecule is CSCCC(NC(=O)C(CC(C)C)NC(=O)C(CCSC)NC(=O)C(N)CCCN=C(N)N)C(=O)O. The van der Waals surface area contributed by atoms with Crippen LogP contribution in [0.1, 0.15) is 46.0 Å². The molecular weight excluding hydrogens is 506 g/mol. The number of carboxylic acid groups (broad SMARTS) is 1. The van der Waals surface area contributed by atoms with Crippen LogP contribution in [0.15, 0.2) is 4.99 Å². The van der Waals surface area contributed by atoms with Crippen LogP contribution in [0.3, 0.4) is 0 Å². The number of rotatable bonds is 19. The number of carbonyl (C=O) groups excluding carboxylic acids is 3. The zero-order valence-electron chi connectivity index (χ0n) is 21.6. The Bertz CT molecular complexity index is 736. The van der Waals surface area contributed by atoms with Gasteiger partial charge in [0.1, 0.15) is 18.1 Å². The van der Waals surface area contributed by atoms with Crippen molar-refractivity contribution in [1.82, 2.24) is 16.0 Å². The number of thioether (sulfide) groups is 2. The summed E-state index contributed by atoms with van der Waals surface area (Å²) in [6.45, 7) is 4.12. The van der Waals surface area contributed by atoms with Gasteiger partial charge in [0.15, 0.2) is 5.96 Å². The van der Waals surface area contributed by atoms with Crippen LogP contribution in [-0.2, 0) is 19.2 Å². The summed E-state index contributed by atoms with van der Waals surface area (Å²) in [6.07, 6.45) is 5.44.